The first-order chi connectivity index (χ1) is 16.8. The van der Waals surface area contributed by atoms with E-state index in [0.29, 0.717) is 5.69 Å². The molecule has 8 nitrogen and oxygen atoms in total. The highest BCUT2D eigenvalue weighted by Gasteiger charge is 2.19. The van der Waals surface area contributed by atoms with E-state index in [1.165, 1.54) is 26.4 Å². The quantitative estimate of drug-likeness (QED) is 0.418. The highest BCUT2D eigenvalue weighted by atomic mass is 35.5. The van der Waals surface area contributed by atoms with E-state index < -0.39 is 18.5 Å². The number of anilines is 1. The van der Waals surface area contributed by atoms with Crippen molar-refractivity contribution in [3.63, 3.8) is 0 Å². The molecule has 0 radical (unpaired) electrons. The highest BCUT2D eigenvalue weighted by molar-refractivity contribution is 6.32. The Morgan fingerprint density at radius 2 is 1.63 bits per heavy atom. The SMILES string of the molecule is COc1cc(C(=O)OCC(=O)Nc2ccccc2C(=O)NC(C)c2ccccc2)cc(Cl)c1OC. The van der Waals surface area contributed by atoms with Crippen molar-refractivity contribution in [2.75, 3.05) is 26.1 Å². The number of esters is 1. The van der Waals surface area contributed by atoms with Crippen LogP contribution in [0.1, 0.15) is 39.2 Å². The van der Waals surface area contributed by atoms with Gasteiger partial charge in [0.25, 0.3) is 11.8 Å². The first-order valence-corrected chi connectivity index (χ1v) is 11.0. The minimum Gasteiger partial charge on any atom is -0.493 e. The first-order valence-electron chi connectivity index (χ1n) is 10.7. The molecule has 3 aromatic rings. The number of para-hydroxylation sites is 1. The van der Waals surface area contributed by atoms with Gasteiger partial charge in [0.05, 0.1) is 42.1 Å². The average molecular weight is 497 g/mol. The van der Waals surface area contributed by atoms with Gasteiger partial charge in [-0.15, -0.1) is 0 Å². The zero-order valence-corrected chi connectivity index (χ0v) is 20.2. The van der Waals surface area contributed by atoms with Gasteiger partial charge in [-0.3, -0.25) is 9.59 Å². The van der Waals surface area contributed by atoms with Crippen molar-refractivity contribution >= 4 is 35.1 Å². The van der Waals surface area contributed by atoms with Crippen molar-refractivity contribution in [2.24, 2.45) is 0 Å². The van der Waals surface area contributed by atoms with Crippen molar-refractivity contribution in [1.82, 2.24) is 5.32 Å². The molecule has 0 spiro atoms. The molecule has 0 aromatic heterocycles. The van der Waals surface area contributed by atoms with Crippen LogP contribution in [0, 0.1) is 0 Å². The van der Waals surface area contributed by atoms with Gasteiger partial charge in [0, 0.05) is 0 Å². The third-order valence-electron chi connectivity index (χ3n) is 5.10. The van der Waals surface area contributed by atoms with E-state index in [0.717, 1.165) is 5.56 Å². The Kier molecular flexibility index (Phi) is 8.69. The maximum Gasteiger partial charge on any atom is 0.338 e. The normalized spacial score (nSPS) is 11.2. The van der Waals surface area contributed by atoms with Gasteiger partial charge in [-0.1, -0.05) is 54.1 Å². The molecule has 2 N–H and O–H groups in total. The van der Waals surface area contributed by atoms with Crippen molar-refractivity contribution in [2.45, 2.75) is 13.0 Å². The van der Waals surface area contributed by atoms with Crippen LogP contribution in [0.3, 0.4) is 0 Å². The predicted octanol–water partition coefficient (Wildman–Crippen LogP) is 4.64. The summed E-state index contributed by atoms with van der Waals surface area (Å²) in [5.41, 5.74) is 1.61. The van der Waals surface area contributed by atoms with E-state index in [4.69, 9.17) is 25.8 Å². The number of carbonyl (C=O) groups is 3. The molecule has 0 heterocycles. The fourth-order valence-corrected chi connectivity index (χ4v) is 3.61. The molecule has 0 saturated carbocycles. The van der Waals surface area contributed by atoms with Gasteiger partial charge in [-0.2, -0.15) is 0 Å². The lowest BCUT2D eigenvalue weighted by Gasteiger charge is -2.16. The topological polar surface area (TPSA) is 103 Å². The Morgan fingerprint density at radius 1 is 0.943 bits per heavy atom. The maximum atomic E-state index is 12.8. The van der Waals surface area contributed by atoms with Crippen LogP contribution in [0.15, 0.2) is 66.7 Å². The molecule has 1 unspecified atom stereocenters. The number of methoxy groups -OCH3 is 2. The second-order valence-electron chi connectivity index (χ2n) is 7.47. The Bertz CT molecular complexity index is 1220. The zero-order valence-electron chi connectivity index (χ0n) is 19.5. The molecule has 0 saturated heterocycles. The molecular weight excluding hydrogens is 472 g/mol. The summed E-state index contributed by atoms with van der Waals surface area (Å²) in [4.78, 5) is 37.7. The summed E-state index contributed by atoms with van der Waals surface area (Å²) in [6.07, 6.45) is 0. The molecule has 3 rings (SSSR count). The van der Waals surface area contributed by atoms with Crippen molar-refractivity contribution in [3.8, 4) is 11.5 Å². The predicted molar refractivity (Wildman–Crippen MR) is 132 cm³/mol. The molecule has 182 valence electrons. The summed E-state index contributed by atoms with van der Waals surface area (Å²) < 4.78 is 15.4. The van der Waals surface area contributed by atoms with Gasteiger partial charge in [-0.05, 0) is 36.8 Å². The molecule has 0 aliphatic carbocycles. The van der Waals surface area contributed by atoms with E-state index in [2.05, 4.69) is 10.6 Å². The Morgan fingerprint density at radius 3 is 2.31 bits per heavy atom. The number of rotatable bonds is 9. The second kappa shape index (κ2) is 11.9. The third kappa shape index (κ3) is 6.51. The van der Waals surface area contributed by atoms with E-state index in [-0.39, 0.29) is 39.6 Å². The van der Waals surface area contributed by atoms with Crippen LogP contribution >= 0.6 is 11.6 Å². The molecule has 3 aromatic carbocycles. The van der Waals surface area contributed by atoms with E-state index >= 15 is 0 Å². The van der Waals surface area contributed by atoms with Gasteiger partial charge in [0.1, 0.15) is 0 Å². The van der Waals surface area contributed by atoms with Gasteiger partial charge in [0.15, 0.2) is 18.1 Å². The van der Waals surface area contributed by atoms with Gasteiger partial charge < -0.3 is 24.8 Å². The number of carbonyl (C=O) groups excluding carboxylic acids is 3. The first kappa shape index (κ1) is 25.6. The third-order valence-corrected chi connectivity index (χ3v) is 5.38. The average Bonchev–Trinajstić information content (AvgIpc) is 2.87. The number of ether oxygens (including phenoxy) is 3. The summed E-state index contributed by atoms with van der Waals surface area (Å²) in [7, 11) is 2.83. The van der Waals surface area contributed by atoms with Crippen LogP contribution in [-0.2, 0) is 9.53 Å². The molecule has 35 heavy (non-hydrogen) atoms. The number of halogens is 1. The summed E-state index contributed by atoms with van der Waals surface area (Å²) in [5, 5.41) is 5.69. The lowest BCUT2D eigenvalue weighted by molar-refractivity contribution is -0.119. The van der Waals surface area contributed by atoms with Crippen LogP contribution in [0.4, 0.5) is 5.69 Å². The smallest absolute Gasteiger partial charge is 0.338 e. The fourth-order valence-electron chi connectivity index (χ4n) is 3.33. The molecule has 1 atom stereocenters. The summed E-state index contributed by atoms with van der Waals surface area (Å²) in [5.74, 6) is -1.21. The van der Waals surface area contributed by atoms with Crippen LogP contribution in [0.2, 0.25) is 5.02 Å². The minimum atomic E-state index is -0.772. The lowest BCUT2D eigenvalue weighted by Crippen LogP contribution is -2.28. The standard InChI is InChI=1S/C26H25ClN2O6/c1-16(17-9-5-4-6-10-17)28-25(31)19-11-7-8-12-21(19)29-23(30)15-35-26(32)18-13-20(27)24(34-3)22(14-18)33-2/h4-14,16H,15H2,1-3H3,(H,28,31)(H,29,30). The largest absolute Gasteiger partial charge is 0.493 e. The minimum absolute atomic E-state index is 0.0927. The number of amides is 2. The molecular formula is C26H25ClN2O6. The maximum absolute atomic E-state index is 12.8. The summed E-state index contributed by atoms with van der Waals surface area (Å²) >= 11 is 6.12. The highest BCUT2D eigenvalue weighted by Crippen LogP contribution is 2.36. The zero-order chi connectivity index (χ0) is 25.4. The fraction of sp³-hybridized carbons (Fsp3) is 0.192. The molecule has 9 heteroatoms. The molecule has 0 aliphatic heterocycles. The van der Waals surface area contributed by atoms with Crippen molar-refractivity contribution in [3.05, 3.63) is 88.4 Å². The Hall–Kier alpha value is -4.04. The molecule has 0 bridgehead atoms. The second-order valence-corrected chi connectivity index (χ2v) is 7.88. The van der Waals surface area contributed by atoms with E-state index in [1.54, 1.807) is 24.3 Å². The van der Waals surface area contributed by atoms with Crippen molar-refractivity contribution < 1.29 is 28.6 Å². The molecule has 0 aliphatic rings. The number of hydrogen-bond donors (Lipinski definition) is 2. The lowest BCUT2D eigenvalue weighted by atomic mass is 10.1. The monoisotopic (exact) mass is 496 g/mol. The number of benzene rings is 3. The van der Waals surface area contributed by atoms with Gasteiger partial charge in [-0.25, -0.2) is 4.79 Å². The number of hydrogen-bond acceptors (Lipinski definition) is 6. The Labute approximate surface area is 208 Å². The number of nitrogens with one attached hydrogen (secondary N) is 2. The van der Waals surface area contributed by atoms with Crippen molar-refractivity contribution in [1.29, 1.82) is 0 Å². The van der Waals surface area contributed by atoms with E-state index in [1.807, 2.05) is 37.3 Å². The molecule has 0 fully saturated rings. The van der Waals surface area contributed by atoms with Crippen LogP contribution < -0.4 is 20.1 Å². The molecule has 2 amide bonds. The van der Waals surface area contributed by atoms with Gasteiger partial charge >= 0.3 is 5.97 Å². The van der Waals surface area contributed by atoms with Crippen LogP contribution in [0.5, 0.6) is 11.5 Å². The van der Waals surface area contributed by atoms with E-state index in [9.17, 15) is 14.4 Å². The van der Waals surface area contributed by atoms with Crippen LogP contribution in [-0.4, -0.2) is 38.6 Å². The van der Waals surface area contributed by atoms with Crippen LogP contribution in [0.25, 0.3) is 0 Å². The summed E-state index contributed by atoms with van der Waals surface area (Å²) in [6.45, 7) is 1.30. The van der Waals surface area contributed by atoms with Gasteiger partial charge in [0.2, 0.25) is 0 Å². The summed E-state index contributed by atoms with van der Waals surface area (Å²) in [6, 6.07) is 18.6. The Balaban J connectivity index is 1.63.